The third-order valence-corrected chi connectivity index (χ3v) is 4.91. The van der Waals surface area contributed by atoms with Gasteiger partial charge in [-0.25, -0.2) is 8.78 Å². The molecule has 4 N–H and O–H groups in total. The maximum atomic E-state index is 14.5. The summed E-state index contributed by atoms with van der Waals surface area (Å²) in [4.78, 5) is 7.21. The summed E-state index contributed by atoms with van der Waals surface area (Å²) in [6, 6.07) is 13.8. The summed E-state index contributed by atoms with van der Waals surface area (Å²) in [5, 5.41) is 16.1. The van der Waals surface area contributed by atoms with E-state index >= 15 is 0 Å². The molecule has 0 aliphatic carbocycles. The SMILES string of the molecule is OCc1cc(Nc2cc(F)c(NCCCc3c[nH]c4ccccc34)c(F)c2)ccn1. The van der Waals surface area contributed by atoms with Crippen LogP contribution < -0.4 is 10.6 Å². The molecule has 0 radical (unpaired) electrons. The van der Waals surface area contributed by atoms with Crippen LogP contribution in [0.15, 0.2) is 60.9 Å². The van der Waals surface area contributed by atoms with Gasteiger partial charge in [0.15, 0.2) is 11.6 Å². The molecule has 0 atom stereocenters. The van der Waals surface area contributed by atoms with E-state index < -0.39 is 11.6 Å². The highest BCUT2D eigenvalue weighted by atomic mass is 19.1. The Labute approximate surface area is 172 Å². The number of aliphatic hydroxyl groups excluding tert-OH is 1. The fourth-order valence-corrected chi connectivity index (χ4v) is 3.45. The number of nitrogens with one attached hydrogen (secondary N) is 3. The number of rotatable bonds is 8. The Hall–Kier alpha value is -3.45. The highest BCUT2D eigenvalue weighted by Gasteiger charge is 2.12. The number of nitrogens with zero attached hydrogens (tertiary/aromatic N) is 1. The number of aryl methyl sites for hydroxylation is 1. The first kappa shape index (κ1) is 19.8. The zero-order valence-corrected chi connectivity index (χ0v) is 16.3. The number of aliphatic hydroxyl groups is 1. The van der Waals surface area contributed by atoms with E-state index in [9.17, 15) is 8.78 Å². The van der Waals surface area contributed by atoms with Crippen LogP contribution in [0.2, 0.25) is 0 Å². The number of benzene rings is 2. The number of para-hydroxylation sites is 1. The molecule has 0 fully saturated rings. The summed E-state index contributed by atoms with van der Waals surface area (Å²) in [7, 11) is 0. The van der Waals surface area contributed by atoms with Crippen LogP contribution in [0.3, 0.4) is 0 Å². The van der Waals surface area contributed by atoms with Crippen molar-refractivity contribution in [2.24, 2.45) is 0 Å². The standard InChI is InChI=1S/C23H22F2N4O/c24-20-11-17(29-16-7-9-26-18(10-16)14-30)12-21(25)23(20)27-8-3-4-15-13-28-22-6-2-1-5-19(15)22/h1-2,5-7,9-13,27-28,30H,3-4,8,14H2,(H,26,29). The van der Waals surface area contributed by atoms with Crippen molar-refractivity contribution >= 4 is 28.0 Å². The van der Waals surface area contributed by atoms with Gasteiger partial charge >= 0.3 is 0 Å². The van der Waals surface area contributed by atoms with Crippen molar-refractivity contribution in [1.82, 2.24) is 9.97 Å². The molecule has 5 nitrogen and oxygen atoms in total. The molecule has 4 rings (SSSR count). The molecule has 2 aromatic carbocycles. The van der Waals surface area contributed by atoms with E-state index in [1.165, 1.54) is 29.3 Å². The lowest BCUT2D eigenvalue weighted by Gasteiger charge is -2.12. The van der Waals surface area contributed by atoms with Gasteiger partial charge in [-0.1, -0.05) is 18.2 Å². The van der Waals surface area contributed by atoms with Gasteiger partial charge in [-0.2, -0.15) is 0 Å². The van der Waals surface area contributed by atoms with Crippen molar-refractivity contribution < 1.29 is 13.9 Å². The molecular weight excluding hydrogens is 386 g/mol. The van der Waals surface area contributed by atoms with E-state index in [0.29, 0.717) is 17.9 Å². The Balaban J connectivity index is 1.37. The highest BCUT2D eigenvalue weighted by Crippen LogP contribution is 2.26. The molecule has 2 heterocycles. The fourth-order valence-electron chi connectivity index (χ4n) is 3.45. The summed E-state index contributed by atoms with van der Waals surface area (Å²) in [5.41, 5.74) is 3.48. The minimum atomic E-state index is -0.666. The molecule has 0 saturated heterocycles. The van der Waals surface area contributed by atoms with Gasteiger partial charge in [-0.3, -0.25) is 4.98 Å². The van der Waals surface area contributed by atoms with Crippen molar-refractivity contribution in [2.75, 3.05) is 17.2 Å². The second-order valence-electron chi connectivity index (χ2n) is 7.02. The van der Waals surface area contributed by atoms with Crippen molar-refractivity contribution in [3.8, 4) is 0 Å². The maximum Gasteiger partial charge on any atom is 0.151 e. The molecule has 0 amide bonds. The van der Waals surface area contributed by atoms with E-state index in [-0.39, 0.29) is 18.0 Å². The Morgan fingerprint density at radius 3 is 2.60 bits per heavy atom. The first-order chi connectivity index (χ1) is 14.6. The van der Waals surface area contributed by atoms with Crippen LogP contribution in [0.5, 0.6) is 0 Å². The average molecular weight is 408 g/mol. The van der Waals surface area contributed by atoms with Crippen LogP contribution in [0.25, 0.3) is 10.9 Å². The van der Waals surface area contributed by atoms with E-state index in [2.05, 4.69) is 26.7 Å². The Bertz CT molecular complexity index is 1140. The predicted octanol–water partition coefficient (Wildman–Crippen LogP) is 5.12. The Morgan fingerprint density at radius 1 is 1.00 bits per heavy atom. The van der Waals surface area contributed by atoms with Gasteiger partial charge in [0, 0.05) is 41.2 Å². The molecule has 0 unspecified atom stereocenters. The fraction of sp³-hybridized carbons (Fsp3) is 0.174. The second-order valence-corrected chi connectivity index (χ2v) is 7.02. The van der Waals surface area contributed by atoms with E-state index in [1.807, 2.05) is 24.4 Å². The van der Waals surface area contributed by atoms with E-state index in [0.717, 1.165) is 18.4 Å². The summed E-state index contributed by atoms with van der Waals surface area (Å²) in [5.74, 6) is -1.33. The van der Waals surface area contributed by atoms with Gasteiger partial charge in [0.05, 0.1) is 12.3 Å². The number of aromatic nitrogens is 2. The topological polar surface area (TPSA) is 73.0 Å². The number of hydrogen-bond acceptors (Lipinski definition) is 4. The van der Waals surface area contributed by atoms with Crippen LogP contribution >= 0.6 is 0 Å². The quantitative estimate of drug-likeness (QED) is 0.305. The number of H-pyrrole nitrogens is 1. The van der Waals surface area contributed by atoms with Gasteiger partial charge in [0.2, 0.25) is 0 Å². The number of halogens is 2. The normalized spacial score (nSPS) is 11.0. The molecule has 0 saturated carbocycles. The van der Waals surface area contributed by atoms with Crippen LogP contribution in [0.4, 0.5) is 25.8 Å². The zero-order chi connectivity index (χ0) is 20.9. The van der Waals surface area contributed by atoms with Crippen molar-refractivity contribution in [3.63, 3.8) is 0 Å². The molecule has 0 bridgehead atoms. The molecule has 4 aromatic rings. The van der Waals surface area contributed by atoms with Gasteiger partial charge in [0.25, 0.3) is 0 Å². The lowest BCUT2D eigenvalue weighted by Crippen LogP contribution is -2.07. The first-order valence-electron chi connectivity index (χ1n) is 9.75. The lowest BCUT2D eigenvalue weighted by atomic mass is 10.1. The third-order valence-electron chi connectivity index (χ3n) is 4.91. The molecule has 0 aliphatic heterocycles. The maximum absolute atomic E-state index is 14.5. The molecule has 2 aromatic heterocycles. The average Bonchev–Trinajstić information content (AvgIpc) is 3.16. The number of fused-ring (bicyclic) bond motifs is 1. The molecule has 30 heavy (non-hydrogen) atoms. The number of aromatic amines is 1. The van der Waals surface area contributed by atoms with Crippen LogP contribution in [0.1, 0.15) is 17.7 Å². The van der Waals surface area contributed by atoms with Crippen LogP contribution in [-0.4, -0.2) is 21.6 Å². The third kappa shape index (κ3) is 4.41. The monoisotopic (exact) mass is 408 g/mol. The Morgan fingerprint density at radius 2 is 1.80 bits per heavy atom. The van der Waals surface area contributed by atoms with Crippen molar-refractivity contribution in [3.05, 3.63) is 83.8 Å². The number of pyridine rings is 1. The second kappa shape index (κ2) is 8.92. The van der Waals surface area contributed by atoms with Crippen molar-refractivity contribution in [1.29, 1.82) is 0 Å². The van der Waals surface area contributed by atoms with E-state index in [4.69, 9.17) is 5.11 Å². The van der Waals surface area contributed by atoms with Gasteiger partial charge in [-0.15, -0.1) is 0 Å². The van der Waals surface area contributed by atoms with Gasteiger partial charge in [0.1, 0.15) is 5.69 Å². The summed E-state index contributed by atoms with van der Waals surface area (Å²) in [6.07, 6.45) is 5.04. The van der Waals surface area contributed by atoms with E-state index in [1.54, 1.807) is 12.1 Å². The number of anilines is 3. The predicted molar refractivity (Wildman–Crippen MR) is 115 cm³/mol. The Kier molecular flexibility index (Phi) is 5.90. The van der Waals surface area contributed by atoms with Crippen LogP contribution in [-0.2, 0) is 13.0 Å². The molecule has 154 valence electrons. The summed E-state index contributed by atoms with van der Waals surface area (Å²) in [6.45, 7) is 0.240. The molecule has 7 heteroatoms. The zero-order valence-electron chi connectivity index (χ0n) is 16.3. The molecule has 0 aliphatic rings. The molecular formula is C23H22F2N4O. The van der Waals surface area contributed by atoms with Gasteiger partial charge < -0.3 is 20.7 Å². The number of hydrogen-bond donors (Lipinski definition) is 4. The largest absolute Gasteiger partial charge is 0.390 e. The minimum Gasteiger partial charge on any atom is -0.390 e. The first-order valence-corrected chi connectivity index (χ1v) is 9.75. The summed E-state index contributed by atoms with van der Waals surface area (Å²) >= 11 is 0. The smallest absolute Gasteiger partial charge is 0.151 e. The highest BCUT2D eigenvalue weighted by molar-refractivity contribution is 5.83. The van der Waals surface area contributed by atoms with Crippen molar-refractivity contribution in [2.45, 2.75) is 19.4 Å². The minimum absolute atomic E-state index is 0.134. The summed E-state index contributed by atoms with van der Waals surface area (Å²) < 4.78 is 28.9. The van der Waals surface area contributed by atoms with Gasteiger partial charge in [-0.05, 0) is 48.7 Å². The molecule has 0 spiro atoms. The van der Waals surface area contributed by atoms with Crippen LogP contribution in [0, 0.1) is 11.6 Å². The lowest BCUT2D eigenvalue weighted by molar-refractivity contribution is 0.277.